The van der Waals surface area contributed by atoms with Crippen molar-refractivity contribution in [2.75, 3.05) is 14.2 Å². The number of aromatic nitrogens is 3. The Bertz CT molecular complexity index is 1020. The van der Waals surface area contributed by atoms with Crippen LogP contribution in [0, 0.1) is 11.3 Å². The Morgan fingerprint density at radius 2 is 1.89 bits per heavy atom. The van der Waals surface area contributed by atoms with Crippen LogP contribution in [0.4, 0.5) is 0 Å². The van der Waals surface area contributed by atoms with E-state index in [4.69, 9.17) is 14.7 Å². The van der Waals surface area contributed by atoms with Crippen LogP contribution in [0.3, 0.4) is 0 Å². The quantitative estimate of drug-likeness (QED) is 0.723. The molecule has 1 heterocycles. The summed E-state index contributed by atoms with van der Waals surface area (Å²) in [5, 5.41) is 23.4. The molecule has 0 saturated heterocycles. The Morgan fingerprint density at radius 3 is 2.59 bits per heavy atom. The molecule has 0 aliphatic heterocycles. The summed E-state index contributed by atoms with van der Waals surface area (Å²) in [6, 6.07) is 14.4. The second-order valence-electron chi connectivity index (χ2n) is 5.57. The van der Waals surface area contributed by atoms with Gasteiger partial charge in [-0.3, -0.25) is 0 Å². The first-order chi connectivity index (χ1) is 13.2. The predicted molar refractivity (Wildman–Crippen MR) is 101 cm³/mol. The third-order valence-corrected chi connectivity index (χ3v) is 3.90. The van der Waals surface area contributed by atoms with Gasteiger partial charge in [-0.2, -0.15) is 5.26 Å². The van der Waals surface area contributed by atoms with Crippen molar-refractivity contribution < 1.29 is 14.6 Å². The first-order valence-electron chi connectivity index (χ1n) is 8.16. The molecule has 0 saturated carbocycles. The third kappa shape index (κ3) is 3.90. The number of aromatic hydroxyl groups is 1. The van der Waals surface area contributed by atoms with Gasteiger partial charge >= 0.3 is 0 Å². The summed E-state index contributed by atoms with van der Waals surface area (Å²) in [5.41, 5.74) is 1.39. The van der Waals surface area contributed by atoms with Gasteiger partial charge in [-0.05, 0) is 35.9 Å². The smallest absolute Gasteiger partial charge is 0.185 e. The van der Waals surface area contributed by atoms with E-state index in [1.54, 1.807) is 44.6 Å². The topological polar surface area (TPSA) is 93.2 Å². The van der Waals surface area contributed by atoms with Crippen LogP contribution in [0.2, 0.25) is 0 Å². The van der Waals surface area contributed by atoms with Crippen molar-refractivity contribution in [2.45, 2.75) is 6.54 Å². The van der Waals surface area contributed by atoms with E-state index in [2.05, 4.69) is 16.2 Å². The molecule has 3 rings (SSSR count). The number of hydrogen-bond donors (Lipinski definition) is 1. The molecule has 7 heteroatoms. The Balaban J connectivity index is 1.95. The molecule has 0 unspecified atom stereocenters. The summed E-state index contributed by atoms with van der Waals surface area (Å²) >= 11 is 0. The number of ether oxygens (including phenoxy) is 2. The molecule has 1 N–H and O–H groups in total. The minimum Gasteiger partial charge on any atom is -0.507 e. The van der Waals surface area contributed by atoms with Crippen LogP contribution in [0.5, 0.6) is 17.2 Å². The van der Waals surface area contributed by atoms with Crippen LogP contribution in [0.1, 0.15) is 11.4 Å². The number of nitrogens with zero attached hydrogens (tertiary/aromatic N) is 4. The van der Waals surface area contributed by atoms with Gasteiger partial charge < -0.3 is 14.6 Å². The molecule has 0 spiro atoms. The number of para-hydroxylation sites is 1. The molecule has 7 nitrogen and oxygen atoms in total. The predicted octanol–water partition coefficient (Wildman–Crippen LogP) is 3.36. The van der Waals surface area contributed by atoms with Crippen LogP contribution >= 0.6 is 0 Å². The summed E-state index contributed by atoms with van der Waals surface area (Å²) in [4.78, 5) is 4.45. The van der Waals surface area contributed by atoms with Gasteiger partial charge in [-0.25, -0.2) is 9.67 Å². The first kappa shape index (κ1) is 18.0. The van der Waals surface area contributed by atoms with E-state index in [1.807, 2.05) is 24.3 Å². The van der Waals surface area contributed by atoms with E-state index in [0.29, 0.717) is 28.7 Å². The summed E-state index contributed by atoms with van der Waals surface area (Å²) in [6.07, 6.45) is 3.60. The molecule has 27 heavy (non-hydrogen) atoms. The number of nitriles is 1. The average Bonchev–Trinajstić information content (AvgIpc) is 3.09. The molecule has 136 valence electrons. The lowest BCUT2D eigenvalue weighted by Crippen LogP contribution is -2.00. The fourth-order valence-corrected chi connectivity index (χ4v) is 2.56. The molecule has 2 aromatic carbocycles. The van der Waals surface area contributed by atoms with Gasteiger partial charge in [0.05, 0.1) is 25.9 Å². The summed E-state index contributed by atoms with van der Waals surface area (Å²) in [6.45, 7) is 0.0478. The van der Waals surface area contributed by atoms with E-state index in [0.717, 1.165) is 5.56 Å². The highest BCUT2D eigenvalue weighted by Gasteiger charge is 2.12. The van der Waals surface area contributed by atoms with Crippen LogP contribution < -0.4 is 9.47 Å². The van der Waals surface area contributed by atoms with Crippen molar-refractivity contribution in [2.24, 2.45) is 0 Å². The van der Waals surface area contributed by atoms with Crippen LogP contribution in [-0.4, -0.2) is 34.1 Å². The molecule has 0 radical (unpaired) electrons. The second kappa shape index (κ2) is 8.06. The number of benzene rings is 2. The van der Waals surface area contributed by atoms with Crippen LogP contribution in [0.25, 0.3) is 23.5 Å². The van der Waals surface area contributed by atoms with Crippen molar-refractivity contribution in [3.8, 4) is 34.7 Å². The fraction of sp³-hybridized carbons (Fsp3) is 0.150. The lowest BCUT2D eigenvalue weighted by Gasteiger charge is -2.07. The zero-order chi connectivity index (χ0) is 19.2. The number of methoxy groups -OCH3 is 2. The van der Waals surface area contributed by atoms with Gasteiger partial charge in [0, 0.05) is 0 Å². The highest BCUT2D eigenvalue weighted by atomic mass is 16.5. The SMILES string of the molecule is COc1ccc(C=Cc2nc(-c3ccccc3O)nn2CC#N)cc1OC. The monoisotopic (exact) mass is 362 g/mol. The summed E-state index contributed by atoms with van der Waals surface area (Å²) < 4.78 is 12.0. The fourth-order valence-electron chi connectivity index (χ4n) is 2.56. The van der Waals surface area contributed by atoms with E-state index in [-0.39, 0.29) is 12.3 Å². The highest BCUT2D eigenvalue weighted by Crippen LogP contribution is 2.29. The van der Waals surface area contributed by atoms with E-state index >= 15 is 0 Å². The molecule has 0 bridgehead atoms. The summed E-state index contributed by atoms with van der Waals surface area (Å²) in [5.74, 6) is 2.21. The highest BCUT2D eigenvalue weighted by molar-refractivity contribution is 5.70. The van der Waals surface area contributed by atoms with Crippen molar-refractivity contribution in [1.29, 1.82) is 5.26 Å². The third-order valence-electron chi connectivity index (χ3n) is 3.90. The molecule has 0 aliphatic carbocycles. The number of phenolic OH excluding ortho intramolecular Hbond substituents is 1. The average molecular weight is 362 g/mol. The molecule has 0 aliphatic rings. The Labute approximate surface area is 156 Å². The van der Waals surface area contributed by atoms with Crippen LogP contribution in [-0.2, 0) is 6.54 Å². The number of hydrogen-bond acceptors (Lipinski definition) is 6. The van der Waals surface area contributed by atoms with E-state index in [9.17, 15) is 5.11 Å². The van der Waals surface area contributed by atoms with Crippen molar-refractivity contribution in [3.63, 3.8) is 0 Å². The summed E-state index contributed by atoms with van der Waals surface area (Å²) in [7, 11) is 3.16. The lowest BCUT2D eigenvalue weighted by molar-refractivity contribution is 0.355. The maximum Gasteiger partial charge on any atom is 0.185 e. The first-order valence-corrected chi connectivity index (χ1v) is 8.16. The molecule has 3 aromatic rings. The molecule has 0 atom stereocenters. The zero-order valence-electron chi connectivity index (χ0n) is 15.0. The number of phenols is 1. The van der Waals surface area contributed by atoms with E-state index < -0.39 is 0 Å². The maximum absolute atomic E-state index is 10.0. The largest absolute Gasteiger partial charge is 0.507 e. The Morgan fingerprint density at radius 1 is 1.11 bits per heavy atom. The van der Waals surface area contributed by atoms with E-state index in [1.165, 1.54) is 4.68 Å². The minimum atomic E-state index is 0.0478. The van der Waals surface area contributed by atoms with Gasteiger partial charge in [-0.1, -0.05) is 24.3 Å². The van der Waals surface area contributed by atoms with Gasteiger partial charge in [0.15, 0.2) is 23.1 Å². The molecular weight excluding hydrogens is 344 g/mol. The minimum absolute atomic E-state index is 0.0478. The molecule has 1 aromatic heterocycles. The molecular formula is C20H18N4O3. The lowest BCUT2D eigenvalue weighted by atomic mass is 10.2. The van der Waals surface area contributed by atoms with Gasteiger partial charge in [0.25, 0.3) is 0 Å². The van der Waals surface area contributed by atoms with Crippen molar-refractivity contribution >= 4 is 12.2 Å². The Hall–Kier alpha value is -3.79. The molecule has 0 amide bonds. The van der Waals surface area contributed by atoms with Crippen molar-refractivity contribution in [3.05, 3.63) is 53.9 Å². The van der Waals surface area contributed by atoms with Gasteiger partial charge in [0.2, 0.25) is 0 Å². The maximum atomic E-state index is 10.0. The van der Waals surface area contributed by atoms with Gasteiger partial charge in [0.1, 0.15) is 12.3 Å². The normalized spacial score (nSPS) is 10.7. The van der Waals surface area contributed by atoms with Gasteiger partial charge in [-0.15, -0.1) is 5.10 Å². The van der Waals surface area contributed by atoms with Crippen LogP contribution in [0.15, 0.2) is 42.5 Å². The standard InChI is InChI=1S/C20H18N4O3/c1-26-17-9-7-14(13-18(17)27-2)8-10-19-22-20(23-24(19)12-11-21)15-5-3-4-6-16(15)25/h3-10,13,25H,12H2,1-2H3. The Kier molecular flexibility index (Phi) is 5.38. The second-order valence-corrected chi connectivity index (χ2v) is 5.57. The van der Waals surface area contributed by atoms with Crippen molar-refractivity contribution in [1.82, 2.24) is 14.8 Å². The number of rotatable bonds is 6. The molecule has 0 fully saturated rings. The zero-order valence-corrected chi connectivity index (χ0v) is 15.0.